The summed E-state index contributed by atoms with van der Waals surface area (Å²) < 4.78 is 19.8. The first-order valence-electron chi connectivity index (χ1n) is 42.9. The number of nitrogens with two attached hydrogens (primary N) is 1. The molecule has 50 heteroatoms. The highest BCUT2D eigenvalue weighted by atomic mass is 79.9. The van der Waals surface area contributed by atoms with Crippen LogP contribution in [0, 0.1) is 37.5 Å². The SMILES string of the molecule is CC(=O)c1nn(CC(=O)N2CC3CC2(C(=O)Nc2cccc(Br)n2)C3)c2ccc(-c3cnc4cc(C)nn4c3)cc12.CC(=O)c1nn(CC(=O)O)c2ccc(-c3cnc4cc(C)nn4c3)cc12.CC(C)(C)OC(=O)N1CC2CC1(C(=O)Nc1cccc(Br)n1)C2.CC(C)(C)OC(=O)N1CC2CC1(C(=O)O)C2.Nc1cccc(Br)n1.O=C(Nc1cccc(Br)n1)C12CC(CN1)C2.S.S=S.S=S=S.S=S=S=S. The van der Waals surface area contributed by atoms with Gasteiger partial charge in [-0.3, -0.25) is 52.7 Å². The molecule has 0 radical (unpaired) electrons. The number of fused-ring (bicyclic) bond motifs is 8. The molecule has 8 saturated heterocycles. The number of aromatic nitrogens is 14. The molecule has 18 heterocycles. The van der Waals surface area contributed by atoms with E-state index in [4.69, 9.17) is 20.3 Å². The number of hydrogen-bond donors (Lipinski definition) is 7. The molecule has 0 atom stereocenters. The number of Topliss-reactive ketones (excluding diaryl/α,β-unsaturated/α-hetero) is 2. The van der Waals surface area contributed by atoms with Crippen LogP contribution >= 0.6 is 77.2 Å². The molecule has 8 N–H and O–H groups in total. The minimum atomic E-state index is -1.02. The second-order valence-corrected chi connectivity index (χ2v) is 44.5. The van der Waals surface area contributed by atoms with E-state index in [2.05, 4.69) is 202 Å². The maximum atomic E-state index is 13.7. The lowest BCUT2D eigenvalue weighted by atomic mass is 9.72. The number of rotatable bonds is 15. The molecule has 8 aliphatic heterocycles. The molecule has 36 nitrogen and oxygen atoms in total. The Morgan fingerprint density at radius 2 is 0.864 bits per heavy atom. The van der Waals surface area contributed by atoms with Crippen molar-refractivity contribution in [1.29, 1.82) is 0 Å². The van der Waals surface area contributed by atoms with Gasteiger partial charge in [-0.05, 0) is 285 Å². The molecule has 12 aromatic rings. The lowest BCUT2D eigenvalue weighted by Crippen LogP contribution is -2.57. The Morgan fingerprint density at radius 1 is 0.493 bits per heavy atom. The number of nitrogens with one attached hydrogen (secondary N) is 4. The lowest BCUT2D eigenvalue weighted by Gasteiger charge is -2.40. The predicted molar refractivity (Wildman–Crippen MR) is 570 cm³/mol. The largest absolute Gasteiger partial charge is 0.480 e. The van der Waals surface area contributed by atoms with Gasteiger partial charge in [0, 0.05) is 186 Å². The number of halogens is 4. The number of carboxylic acids is 2. The van der Waals surface area contributed by atoms with Crippen molar-refractivity contribution in [2.45, 2.75) is 167 Å². The fourth-order valence-corrected chi connectivity index (χ4v) is 19.3. The molecule has 4 saturated carbocycles. The second kappa shape index (κ2) is 47.0. The van der Waals surface area contributed by atoms with E-state index in [0.717, 1.165) is 82.4 Å². The molecular formula is C90H96Br4N22O14S10. The summed E-state index contributed by atoms with van der Waals surface area (Å²) in [7, 11) is 3.26. The van der Waals surface area contributed by atoms with E-state index >= 15 is 0 Å². The number of ether oxygens (including phenoxy) is 2. The van der Waals surface area contributed by atoms with E-state index in [1.807, 2.05) is 114 Å². The second-order valence-electron chi connectivity index (χ2n) is 36.0. The third-order valence-corrected chi connectivity index (χ3v) is 27.7. The van der Waals surface area contributed by atoms with Gasteiger partial charge in [-0.2, -0.15) is 33.9 Å². The summed E-state index contributed by atoms with van der Waals surface area (Å²) in [6, 6.07) is 36.4. The van der Waals surface area contributed by atoms with Gasteiger partial charge >= 0.3 is 24.1 Å². The quantitative estimate of drug-likeness (QED) is 0.0370. The van der Waals surface area contributed by atoms with E-state index in [-0.39, 0.29) is 84.6 Å². The first kappa shape index (κ1) is 110. The highest BCUT2D eigenvalue weighted by Gasteiger charge is 2.66. The molecule has 8 bridgehead atoms. The summed E-state index contributed by atoms with van der Waals surface area (Å²) in [6.45, 7) is 19.7. The Labute approximate surface area is 882 Å². The van der Waals surface area contributed by atoms with E-state index in [1.165, 1.54) is 41.2 Å². The number of benzene rings is 2. The van der Waals surface area contributed by atoms with Crippen molar-refractivity contribution in [1.82, 2.24) is 88.7 Å². The minimum absolute atomic E-state index is 0. The van der Waals surface area contributed by atoms with Crippen LogP contribution in [0.25, 0.3) is 55.4 Å². The summed E-state index contributed by atoms with van der Waals surface area (Å²) in [4.78, 5) is 153. The third kappa shape index (κ3) is 26.1. The predicted octanol–water partition coefficient (Wildman–Crippen LogP) is 14.1. The van der Waals surface area contributed by atoms with E-state index in [1.54, 1.807) is 111 Å². The molecule has 0 spiro atoms. The zero-order valence-corrected chi connectivity index (χ0v) is 91.4. The van der Waals surface area contributed by atoms with Gasteiger partial charge < -0.3 is 51.6 Å². The molecule has 0 unspecified atom stereocenters. The van der Waals surface area contributed by atoms with Gasteiger partial charge in [0.25, 0.3) is 11.8 Å². The maximum absolute atomic E-state index is 13.7. The van der Waals surface area contributed by atoms with Gasteiger partial charge in [-0.25, -0.2) is 53.3 Å². The molecule has 140 heavy (non-hydrogen) atoms. The van der Waals surface area contributed by atoms with Crippen LogP contribution in [-0.2, 0) is 145 Å². The number of carboxylic acid groups (broad SMARTS) is 2. The topological polar surface area (TPSA) is 461 Å². The molecule has 12 aliphatic rings. The Bertz CT molecular complexity index is 6870. The first-order chi connectivity index (χ1) is 65.8. The highest BCUT2D eigenvalue weighted by molar-refractivity contribution is 9.11. The number of nitrogens with zero attached hydrogens (tertiary/aromatic N) is 17. The number of aliphatic carboxylic acids is 2. The standard InChI is InChI=1S/C29H25BrN8O3.C18H15N5O3.C16H20BrN3O3.C11H12BrN3O.C11H17NO4.C5H5BrN2.S4.S3.S2.H2S/c1-16-8-25-31-12-20(14-38(25)34-16)19-6-7-22-21(9-19)27(17(2)39)35-37(22)15-26(40)36-13-18-10-29(36,11-18)28(41)33-24-5-3-4-23(30)32-24;1-10-5-16-19-7-13(8-23(16)20-10)12-3-4-15-14(6-12)18(11(2)24)21-22(15)9-17(25)26;1-15(2,3)23-14(22)20-9-10-7-16(20,8-10)13(21)19-12-6-4-5-11(17)18-12;12-8-2-1-3-9(14-8)15-10(16)11-4-7(5-11)6-13-11;1-10(2,3)16-9(15)12-6-7-4-11(12,5-7)8(13)14;6-4-2-1-3-5(7)8-4;1-3-4-2;1-3-2;1-2;/h3-9,12,14,18H,10-11,13,15H2,1-2H3,(H,32,33,41);3-8H,9H2,1-2H3,(H,25,26);4-6,10H,7-9H2,1-3H3,(H,18,19,21);1-3,7,13H,4-6H2,(H,14,15,16);7H,4-6H2,1-3H3,(H,13,14);1-3H,(H2,7,8);;;;1H2. The van der Waals surface area contributed by atoms with Crippen molar-refractivity contribution in [2.24, 2.45) is 23.7 Å². The van der Waals surface area contributed by atoms with Crippen molar-refractivity contribution in [3.8, 4) is 22.3 Å². The fourth-order valence-electron chi connectivity index (χ4n) is 17.9. The molecule has 12 fully saturated rings. The van der Waals surface area contributed by atoms with Crippen molar-refractivity contribution in [3.63, 3.8) is 0 Å². The zero-order chi connectivity index (χ0) is 101. The Morgan fingerprint density at radius 3 is 1.21 bits per heavy atom. The van der Waals surface area contributed by atoms with E-state index in [0.29, 0.717) is 130 Å². The number of nitrogen functional groups attached to an aromatic ring is 1. The first-order valence-corrected chi connectivity index (χ1v) is 54.1. The van der Waals surface area contributed by atoms with Gasteiger partial charge in [-0.15, -0.1) is 0 Å². The summed E-state index contributed by atoms with van der Waals surface area (Å²) >= 11 is 37.3. The van der Waals surface area contributed by atoms with Crippen molar-refractivity contribution < 1.29 is 67.6 Å². The maximum Gasteiger partial charge on any atom is 0.411 e. The molecular weight excluding hydrogens is 2250 g/mol. The smallest absolute Gasteiger partial charge is 0.411 e. The summed E-state index contributed by atoms with van der Waals surface area (Å²) in [5.41, 5.74) is 9.61. The van der Waals surface area contributed by atoms with Crippen molar-refractivity contribution in [2.75, 3.05) is 47.9 Å². The average molecular weight is 2350 g/mol. The molecule has 738 valence electrons. The van der Waals surface area contributed by atoms with Gasteiger partial charge in [0.05, 0.1) is 28.0 Å². The normalized spacial score (nSPS) is 20.0. The Balaban J connectivity index is 0.000000166. The van der Waals surface area contributed by atoms with Gasteiger partial charge in [0.15, 0.2) is 22.9 Å². The molecule has 10 aromatic heterocycles. The number of hydrogen-bond acceptors (Lipinski definition) is 30. The van der Waals surface area contributed by atoms with E-state index < -0.39 is 51.9 Å². The average Bonchev–Trinajstić information content (AvgIpc) is 1.57. The number of anilines is 4. The van der Waals surface area contributed by atoms with Crippen LogP contribution in [0.15, 0.2) is 165 Å². The summed E-state index contributed by atoms with van der Waals surface area (Å²) in [5, 5.41) is 48.9. The number of pyridine rings is 4. The van der Waals surface area contributed by atoms with Gasteiger partial charge in [0.1, 0.15) is 94.0 Å². The van der Waals surface area contributed by atoms with Crippen LogP contribution in [0.5, 0.6) is 0 Å². The summed E-state index contributed by atoms with van der Waals surface area (Å²) in [6.07, 6.45) is 12.0. The number of ketones is 2. The third-order valence-electron chi connectivity index (χ3n) is 23.8. The zero-order valence-electron chi connectivity index (χ0n) is 76.7. The van der Waals surface area contributed by atoms with Crippen LogP contribution in [0.4, 0.5) is 32.9 Å². The van der Waals surface area contributed by atoms with E-state index in [9.17, 15) is 53.1 Å². The molecule has 2 aromatic carbocycles. The number of carbonyl (C=O) groups excluding carboxylic acids is 8. The van der Waals surface area contributed by atoms with Gasteiger partial charge in [0.2, 0.25) is 11.8 Å². The summed E-state index contributed by atoms with van der Waals surface area (Å²) in [5.74, 6) is 0.809. The highest BCUT2D eigenvalue weighted by Crippen LogP contribution is 2.54. The number of amides is 6. The Kier molecular flexibility index (Phi) is 37.0. The van der Waals surface area contributed by atoms with Crippen LogP contribution in [-0.4, -0.2) is 212 Å². The van der Waals surface area contributed by atoms with Crippen molar-refractivity contribution >= 4 is 287 Å². The molecule has 6 amide bonds. The minimum Gasteiger partial charge on any atom is -0.480 e. The fraction of sp³-hybridized carbons (Fsp3) is 0.378. The lowest BCUT2D eigenvalue weighted by molar-refractivity contribution is -0.152. The van der Waals surface area contributed by atoms with Crippen molar-refractivity contribution in [3.05, 3.63) is 187 Å². The van der Waals surface area contributed by atoms with Gasteiger partial charge in [-0.1, -0.05) is 36.4 Å². The number of carbonyl (C=O) groups is 10. The van der Waals surface area contributed by atoms with Crippen LogP contribution in [0.2, 0.25) is 0 Å². The number of aryl methyl sites for hydroxylation is 2. The Hall–Kier alpha value is -10.1. The monoisotopic (exact) mass is 2340 g/mol. The molecule has 4 aliphatic carbocycles. The van der Waals surface area contributed by atoms with Crippen LogP contribution in [0.1, 0.15) is 139 Å². The van der Waals surface area contributed by atoms with Crippen LogP contribution < -0.4 is 27.0 Å². The molecule has 24 rings (SSSR count). The van der Waals surface area contributed by atoms with Crippen LogP contribution in [0.3, 0.4) is 0 Å².